The van der Waals surface area contributed by atoms with Crippen molar-refractivity contribution in [1.29, 1.82) is 0 Å². The first kappa shape index (κ1) is 20.7. The molecule has 1 fully saturated rings. The first-order chi connectivity index (χ1) is 14.5. The minimum absolute atomic E-state index is 0.0739. The van der Waals surface area contributed by atoms with E-state index in [0.29, 0.717) is 24.3 Å². The number of aromatic amines is 1. The average Bonchev–Trinajstić information content (AvgIpc) is 3.15. The third-order valence-electron chi connectivity index (χ3n) is 5.33. The normalized spacial score (nSPS) is 19.8. The fourth-order valence-electron chi connectivity index (χ4n) is 3.92. The van der Waals surface area contributed by atoms with Crippen molar-refractivity contribution in [2.75, 3.05) is 11.1 Å². The summed E-state index contributed by atoms with van der Waals surface area (Å²) in [6.07, 6.45) is 8.42. The molecule has 0 bridgehead atoms. The number of anilines is 1. The van der Waals surface area contributed by atoms with E-state index in [2.05, 4.69) is 30.0 Å². The van der Waals surface area contributed by atoms with Crippen LogP contribution in [0.15, 0.2) is 30.7 Å². The summed E-state index contributed by atoms with van der Waals surface area (Å²) in [5.74, 6) is -0.0454. The molecule has 0 radical (unpaired) electrons. The monoisotopic (exact) mass is 432 g/mol. The summed E-state index contributed by atoms with van der Waals surface area (Å²) in [6, 6.07) is 3.17. The van der Waals surface area contributed by atoms with Gasteiger partial charge in [-0.05, 0) is 31.4 Å². The Balaban J connectivity index is 1.60. The number of nitrogens with zero attached hydrogens (tertiary/aromatic N) is 3. The molecule has 1 aliphatic rings. The molecule has 3 N–H and O–H groups in total. The van der Waals surface area contributed by atoms with Gasteiger partial charge < -0.3 is 10.3 Å². The fraction of sp³-hybridized carbons (Fsp3) is 0.450. The summed E-state index contributed by atoms with van der Waals surface area (Å²) in [7, 11) is -3.36. The lowest BCUT2D eigenvalue weighted by Gasteiger charge is -2.33. The van der Waals surface area contributed by atoms with Crippen LogP contribution >= 0.6 is 0 Å². The molecule has 0 unspecified atom stereocenters. The molecule has 0 saturated heterocycles. The Bertz CT molecular complexity index is 1130. The number of hydrogen-bond acceptors (Lipinski definition) is 6. The van der Waals surface area contributed by atoms with Crippen molar-refractivity contribution < 1.29 is 12.8 Å². The molecule has 4 rings (SSSR count). The largest absolute Gasteiger partial charge is 0.363 e. The molecule has 3 aromatic rings. The maximum Gasteiger partial charge on any atom is 0.211 e. The number of pyridine rings is 1. The summed E-state index contributed by atoms with van der Waals surface area (Å²) in [4.78, 5) is 15.9. The van der Waals surface area contributed by atoms with Gasteiger partial charge in [-0.2, -0.15) is 0 Å². The topological polar surface area (TPSA) is 113 Å². The molecule has 1 aliphatic carbocycles. The van der Waals surface area contributed by atoms with Crippen LogP contribution in [0, 0.1) is 5.82 Å². The first-order valence-corrected chi connectivity index (χ1v) is 11.8. The molecule has 2 atom stereocenters. The summed E-state index contributed by atoms with van der Waals surface area (Å²) < 4.78 is 41.8. The summed E-state index contributed by atoms with van der Waals surface area (Å²) >= 11 is 0. The molecular weight excluding hydrogens is 407 g/mol. The highest BCUT2D eigenvalue weighted by Gasteiger charge is 2.29. The van der Waals surface area contributed by atoms with E-state index in [4.69, 9.17) is 0 Å². The third kappa shape index (κ3) is 4.44. The molecule has 0 aliphatic heterocycles. The van der Waals surface area contributed by atoms with Crippen LogP contribution < -0.4 is 10.0 Å². The Morgan fingerprint density at radius 2 is 2.03 bits per heavy atom. The number of nitrogens with one attached hydrogen (secondary N) is 3. The molecule has 10 heteroatoms. The van der Waals surface area contributed by atoms with Gasteiger partial charge in [0.2, 0.25) is 10.0 Å². The van der Waals surface area contributed by atoms with Crippen molar-refractivity contribution in [1.82, 2.24) is 24.7 Å². The van der Waals surface area contributed by atoms with Crippen LogP contribution in [0.3, 0.4) is 0 Å². The third-order valence-corrected chi connectivity index (χ3v) is 6.94. The van der Waals surface area contributed by atoms with Gasteiger partial charge in [0.05, 0.1) is 11.9 Å². The highest BCUT2D eigenvalue weighted by molar-refractivity contribution is 7.89. The van der Waals surface area contributed by atoms with Gasteiger partial charge in [0.25, 0.3) is 0 Å². The van der Waals surface area contributed by atoms with Gasteiger partial charge in [-0.1, -0.05) is 19.8 Å². The van der Waals surface area contributed by atoms with Gasteiger partial charge in [-0.25, -0.2) is 32.5 Å². The molecular formula is C20H25FN6O2S. The Hall–Kier alpha value is -2.59. The van der Waals surface area contributed by atoms with Crippen LogP contribution in [-0.4, -0.2) is 46.2 Å². The van der Waals surface area contributed by atoms with Gasteiger partial charge in [0, 0.05) is 35.4 Å². The average molecular weight is 433 g/mol. The number of sulfonamides is 1. The van der Waals surface area contributed by atoms with E-state index in [9.17, 15) is 12.8 Å². The Labute approximate surface area is 174 Å². The number of H-pyrrole nitrogens is 1. The zero-order valence-corrected chi connectivity index (χ0v) is 17.5. The van der Waals surface area contributed by atoms with Crippen LogP contribution in [0.25, 0.3) is 22.4 Å². The molecule has 0 amide bonds. The van der Waals surface area contributed by atoms with Crippen LogP contribution in [0.4, 0.5) is 10.2 Å². The van der Waals surface area contributed by atoms with E-state index in [1.807, 2.05) is 19.1 Å². The summed E-state index contributed by atoms with van der Waals surface area (Å²) in [6.45, 7) is 1.83. The fourth-order valence-corrected chi connectivity index (χ4v) is 5.32. The number of halogens is 1. The number of aromatic nitrogens is 4. The van der Waals surface area contributed by atoms with Crippen molar-refractivity contribution in [3.63, 3.8) is 0 Å². The molecule has 160 valence electrons. The van der Waals surface area contributed by atoms with Crippen molar-refractivity contribution >= 4 is 26.9 Å². The lowest BCUT2D eigenvalue weighted by Crippen LogP contribution is -2.49. The molecule has 0 spiro atoms. The second kappa shape index (κ2) is 8.65. The van der Waals surface area contributed by atoms with Gasteiger partial charge >= 0.3 is 0 Å². The van der Waals surface area contributed by atoms with E-state index in [-0.39, 0.29) is 23.7 Å². The first-order valence-electron chi connectivity index (χ1n) is 10.2. The number of hydrogen-bond donors (Lipinski definition) is 3. The van der Waals surface area contributed by atoms with Gasteiger partial charge in [-0.15, -0.1) is 0 Å². The lowest BCUT2D eigenvalue weighted by molar-refractivity contribution is 0.377. The van der Waals surface area contributed by atoms with Crippen molar-refractivity contribution in [2.45, 2.75) is 51.1 Å². The SMILES string of the molecule is CCCS(=O)(=O)N[C@@H]1CCCC[C@@H]1Nc1nc(-c2c[nH]c3ncccc23)ncc1F. The molecule has 3 aromatic heterocycles. The van der Waals surface area contributed by atoms with E-state index in [1.54, 1.807) is 12.4 Å². The molecule has 3 heterocycles. The Morgan fingerprint density at radius 1 is 1.23 bits per heavy atom. The number of fused-ring (bicyclic) bond motifs is 1. The molecule has 1 saturated carbocycles. The lowest BCUT2D eigenvalue weighted by atomic mass is 9.91. The Morgan fingerprint density at radius 3 is 2.83 bits per heavy atom. The van der Waals surface area contributed by atoms with Crippen LogP contribution in [0.2, 0.25) is 0 Å². The summed E-state index contributed by atoms with van der Waals surface area (Å²) in [5.41, 5.74) is 1.43. The van der Waals surface area contributed by atoms with Crippen molar-refractivity contribution in [2.24, 2.45) is 0 Å². The maximum atomic E-state index is 14.5. The minimum atomic E-state index is -3.36. The van der Waals surface area contributed by atoms with Crippen molar-refractivity contribution in [3.05, 3.63) is 36.5 Å². The van der Waals surface area contributed by atoms with Crippen LogP contribution in [0.1, 0.15) is 39.0 Å². The summed E-state index contributed by atoms with van der Waals surface area (Å²) in [5, 5.41) is 3.98. The minimum Gasteiger partial charge on any atom is -0.363 e. The van der Waals surface area contributed by atoms with E-state index < -0.39 is 15.8 Å². The molecule has 0 aromatic carbocycles. The van der Waals surface area contributed by atoms with E-state index >= 15 is 0 Å². The smallest absolute Gasteiger partial charge is 0.211 e. The maximum absolute atomic E-state index is 14.5. The van der Waals surface area contributed by atoms with Crippen LogP contribution in [0.5, 0.6) is 0 Å². The highest BCUT2D eigenvalue weighted by atomic mass is 32.2. The van der Waals surface area contributed by atoms with Gasteiger partial charge in [-0.3, -0.25) is 0 Å². The van der Waals surface area contributed by atoms with E-state index in [0.717, 1.165) is 36.4 Å². The zero-order chi connectivity index (χ0) is 21.1. The van der Waals surface area contributed by atoms with Crippen LogP contribution in [-0.2, 0) is 10.0 Å². The van der Waals surface area contributed by atoms with Crippen molar-refractivity contribution in [3.8, 4) is 11.4 Å². The zero-order valence-electron chi connectivity index (χ0n) is 16.7. The predicted molar refractivity (Wildman–Crippen MR) is 114 cm³/mol. The standard InChI is InChI=1S/C20H25FN6O2S/c1-2-10-30(28,29)27-17-8-4-3-7-16(17)25-20-15(21)12-24-19(26-20)14-11-23-18-13(14)6-5-9-22-18/h5-6,9,11-12,16-17,27H,2-4,7-8,10H2,1H3,(H,22,23)(H,24,25,26)/t16-,17+/m0/s1. The van der Waals surface area contributed by atoms with Gasteiger partial charge in [0.1, 0.15) is 5.65 Å². The second-order valence-electron chi connectivity index (χ2n) is 7.57. The predicted octanol–water partition coefficient (Wildman–Crippen LogP) is 3.21. The second-order valence-corrected chi connectivity index (χ2v) is 9.44. The van der Waals surface area contributed by atoms with Gasteiger partial charge in [0.15, 0.2) is 17.5 Å². The molecule has 30 heavy (non-hydrogen) atoms. The molecule has 8 nitrogen and oxygen atoms in total. The number of rotatable bonds is 7. The Kier molecular flexibility index (Phi) is 5.96. The van der Waals surface area contributed by atoms with E-state index in [1.165, 1.54) is 0 Å². The highest BCUT2D eigenvalue weighted by Crippen LogP contribution is 2.28. The quantitative estimate of drug-likeness (QED) is 0.528.